The van der Waals surface area contributed by atoms with Crippen LogP contribution in [0.3, 0.4) is 0 Å². The zero-order valence-corrected chi connectivity index (χ0v) is 5.33. The van der Waals surface area contributed by atoms with Crippen LogP contribution in [-0.2, 0) is 0 Å². The second-order valence-corrected chi connectivity index (χ2v) is 1.56. The third-order valence-electron chi connectivity index (χ3n) is 0.893. The van der Waals surface area contributed by atoms with Crippen molar-refractivity contribution in [2.45, 2.75) is 6.92 Å². The minimum Gasteiger partial charge on any atom is -0.318 e. The average Bonchev–Trinajstić information content (AvgIpc) is 1.91. The summed E-state index contributed by atoms with van der Waals surface area (Å²) >= 11 is 0. The molecule has 0 aliphatic rings. The van der Waals surface area contributed by atoms with Crippen molar-refractivity contribution in [1.29, 1.82) is 0 Å². The summed E-state index contributed by atoms with van der Waals surface area (Å²) in [5.74, 6) is 0.569. The van der Waals surface area contributed by atoms with Crippen molar-refractivity contribution in [3.63, 3.8) is 0 Å². The van der Waals surface area contributed by atoms with E-state index in [0.717, 1.165) is 0 Å². The fourth-order valence-electron chi connectivity index (χ4n) is 0.550. The molecule has 2 nitrogen and oxygen atoms in total. The van der Waals surface area contributed by atoms with Gasteiger partial charge in [-0.15, -0.1) is 0 Å². The van der Waals surface area contributed by atoms with E-state index in [-0.39, 0.29) is 0 Å². The fraction of sp³-hybridized carbons (Fsp3) is 0.286. The van der Waals surface area contributed by atoms with Gasteiger partial charge in [0.1, 0.15) is 0 Å². The van der Waals surface area contributed by atoms with E-state index in [1.54, 1.807) is 12.3 Å². The third kappa shape index (κ3) is 1.72. The van der Waals surface area contributed by atoms with E-state index in [2.05, 4.69) is 0 Å². The highest BCUT2D eigenvalue weighted by Gasteiger charge is 2.01. The molecule has 0 aliphatic carbocycles. The Morgan fingerprint density at radius 2 is 2.44 bits per heavy atom. The van der Waals surface area contributed by atoms with Crippen molar-refractivity contribution in [3.8, 4) is 5.95 Å². The molecule has 0 N–H and O–H groups in total. The van der Waals surface area contributed by atoms with Crippen molar-refractivity contribution in [2.75, 3.05) is 6.61 Å². The van der Waals surface area contributed by atoms with Crippen LogP contribution in [0.1, 0.15) is 6.92 Å². The zero-order valence-electron chi connectivity index (χ0n) is 5.33. The summed E-state index contributed by atoms with van der Waals surface area (Å²) in [4.78, 5) is 0. The fourth-order valence-corrected chi connectivity index (χ4v) is 0.550. The zero-order chi connectivity index (χ0) is 6.53. The van der Waals surface area contributed by atoms with Crippen LogP contribution in [0.2, 0.25) is 0 Å². The molecule has 2 heteroatoms. The molecule has 0 amide bonds. The molecule has 0 saturated carbocycles. The van der Waals surface area contributed by atoms with Gasteiger partial charge in [0, 0.05) is 6.07 Å². The molecule has 0 saturated heterocycles. The van der Waals surface area contributed by atoms with E-state index >= 15 is 0 Å². The third-order valence-corrected chi connectivity index (χ3v) is 0.893. The molecule has 1 rings (SSSR count). The quantitative estimate of drug-likeness (QED) is 0.563. The van der Waals surface area contributed by atoms with E-state index in [1.807, 2.05) is 19.1 Å². The summed E-state index contributed by atoms with van der Waals surface area (Å²) in [6.07, 6.45) is 1.59. The lowest BCUT2D eigenvalue weighted by Crippen LogP contribution is -1.89. The topological polar surface area (TPSA) is 20.5 Å². The van der Waals surface area contributed by atoms with Gasteiger partial charge >= 0.3 is 5.95 Å². The molecule has 0 fully saturated rings. The number of rotatable bonds is 2. The summed E-state index contributed by atoms with van der Waals surface area (Å²) < 4.78 is 9.98. The molecule has 0 atom stereocenters. The Bertz CT molecular complexity index is 160. The SMILES string of the molecule is CCOc1cccc[o+]1. The van der Waals surface area contributed by atoms with Gasteiger partial charge in [-0.1, -0.05) is 0 Å². The van der Waals surface area contributed by atoms with Gasteiger partial charge < -0.3 is 4.74 Å². The molecule has 0 unspecified atom stereocenters. The van der Waals surface area contributed by atoms with Crippen LogP contribution in [0.15, 0.2) is 28.9 Å². The Morgan fingerprint density at radius 1 is 1.56 bits per heavy atom. The minimum atomic E-state index is 0.569. The van der Waals surface area contributed by atoms with E-state index in [1.165, 1.54) is 0 Å². The van der Waals surface area contributed by atoms with Crippen molar-refractivity contribution in [3.05, 3.63) is 24.5 Å². The number of hydrogen-bond donors (Lipinski definition) is 0. The second kappa shape index (κ2) is 3.07. The van der Waals surface area contributed by atoms with Gasteiger partial charge in [-0.25, -0.2) is 0 Å². The summed E-state index contributed by atoms with van der Waals surface area (Å²) in [6.45, 7) is 2.57. The Hall–Kier alpha value is -1.05. The monoisotopic (exact) mass is 125 g/mol. The van der Waals surface area contributed by atoms with Gasteiger partial charge in [-0.05, 0) is 13.0 Å². The normalized spacial score (nSPS) is 9.00. The summed E-state index contributed by atoms with van der Waals surface area (Å²) in [5, 5.41) is 0. The number of ether oxygens (including phenoxy) is 1. The lowest BCUT2D eigenvalue weighted by Gasteiger charge is -1.83. The lowest BCUT2D eigenvalue weighted by atomic mass is 10.5. The highest BCUT2D eigenvalue weighted by atomic mass is 16.6. The summed E-state index contributed by atoms with van der Waals surface area (Å²) in [6, 6.07) is 5.46. The molecule has 1 aromatic heterocycles. The second-order valence-electron chi connectivity index (χ2n) is 1.56. The first-order valence-corrected chi connectivity index (χ1v) is 2.93. The van der Waals surface area contributed by atoms with Gasteiger partial charge in [-0.3, -0.25) is 4.42 Å². The maximum atomic E-state index is 5.04. The molecule has 48 valence electrons. The Labute approximate surface area is 54.1 Å². The Morgan fingerprint density at radius 3 is 3.00 bits per heavy atom. The van der Waals surface area contributed by atoms with Crippen molar-refractivity contribution >= 4 is 0 Å². The minimum absolute atomic E-state index is 0.569. The van der Waals surface area contributed by atoms with Crippen LogP contribution in [0.5, 0.6) is 5.95 Å². The molecule has 0 aromatic carbocycles. The first-order valence-electron chi connectivity index (χ1n) is 2.93. The maximum Gasteiger partial charge on any atom is 0.517 e. The van der Waals surface area contributed by atoms with Crippen LogP contribution < -0.4 is 4.74 Å². The summed E-state index contributed by atoms with van der Waals surface area (Å²) in [5.41, 5.74) is 0. The Balaban J connectivity index is 2.61. The molecule has 0 aliphatic heterocycles. The molecule has 1 aromatic rings. The summed E-state index contributed by atoms with van der Waals surface area (Å²) in [7, 11) is 0. The van der Waals surface area contributed by atoms with Crippen LogP contribution >= 0.6 is 0 Å². The molecular formula is C7H9O2+. The maximum absolute atomic E-state index is 5.04. The van der Waals surface area contributed by atoms with Gasteiger partial charge in [0.05, 0.1) is 6.07 Å². The van der Waals surface area contributed by atoms with E-state index in [4.69, 9.17) is 9.15 Å². The lowest BCUT2D eigenvalue weighted by molar-refractivity contribution is 0.251. The first kappa shape index (κ1) is 6.08. The highest BCUT2D eigenvalue weighted by molar-refractivity contribution is 5.03. The largest absolute Gasteiger partial charge is 0.517 e. The Kier molecular flexibility index (Phi) is 2.07. The first-order chi connectivity index (χ1) is 4.43. The van der Waals surface area contributed by atoms with Gasteiger partial charge in [0.15, 0.2) is 6.61 Å². The van der Waals surface area contributed by atoms with Crippen molar-refractivity contribution < 1.29 is 9.15 Å². The molecule has 1 heterocycles. The van der Waals surface area contributed by atoms with E-state index in [0.29, 0.717) is 12.6 Å². The van der Waals surface area contributed by atoms with Crippen molar-refractivity contribution in [1.82, 2.24) is 0 Å². The molecule has 0 radical (unpaired) electrons. The van der Waals surface area contributed by atoms with Crippen LogP contribution in [0.25, 0.3) is 0 Å². The van der Waals surface area contributed by atoms with Crippen LogP contribution in [0.4, 0.5) is 0 Å². The number of hydrogen-bond acceptors (Lipinski definition) is 1. The molecule has 0 spiro atoms. The van der Waals surface area contributed by atoms with E-state index in [9.17, 15) is 0 Å². The smallest absolute Gasteiger partial charge is 0.318 e. The van der Waals surface area contributed by atoms with Crippen LogP contribution in [-0.4, -0.2) is 6.61 Å². The molecule has 9 heavy (non-hydrogen) atoms. The van der Waals surface area contributed by atoms with Gasteiger partial charge in [0.2, 0.25) is 6.26 Å². The van der Waals surface area contributed by atoms with E-state index < -0.39 is 0 Å². The van der Waals surface area contributed by atoms with Crippen molar-refractivity contribution in [2.24, 2.45) is 0 Å². The average molecular weight is 125 g/mol. The van der Waals surface area contributed by atoms with Gasteiger partial charge in [-0.2, -0.15) is 0 Å². The molecule has 0 bridgehead atoms. The van der Waals surface area contributed by atoms with Crippen LogP contribution in [0, 0.1) is 0 Å². The predicted octanol–water partition coefficient (Wildman–Crippen LogP) is 1.96. The highest BCUT2D eigenvalue weighted by Crippen LogP contribution is 2.06. The predicted molar refractivity (Wildman–Crippen MR) is 34.3 cm³/mol. The standard InChI is InChI=1S/C7H9O2/c1-2-8-7-5-3-4-6-9-7/h3-6H,2H2,1H3/q+1. The van der Waals surface area contributed by atoms with Gasteiger partial charge in [0.25, 0.3) is 0 Å². The molecular weight excluding hydrogens is 116 g/mol.